The van der Waals surface area contributed by atoms with Crippen molar-refractivity contribution >= 4 is 15.9 Å². The maximum absolute atomic E-state index is 8.40. The number of likely N-dealkylation sites (tertiary alicyclic amines) is 1. The number of rotatable bonds is 1. The van der Waals surface area contributed by atoms with Crippen molar-refractivity contribution in [2.75, 3.05) is 19.6 Å². The number of nitrogens with zero attached hydrogens (tertiary/aromatic N) is 2. The SMILES string of the molecule is N#CCN1CCCC(Br)C1. The minimum absolute atomic E-state index is 0.585. The number of nitriles is 1. The summed E-state index contributed by atoms with van der Waals surface area (Å²) < 4.78 is 0. The molecule has 1 fully saturated rings. The topological polar surface area (TPSA) is 27.0 Å². The molecular formula is C7H11BrN2. The van der Waals surface area contributed by atoms with Gasteiger partial charge in [0.15, 0.2) is 0 Å². The lowest BCUT2D eigenvalue weighted by Gasteiger charge is -2.27. The molecule has 56 valence electrons. The molecule has 1 saturated heterocycles. The third kappa shape index (κ3) is 2.28. The Morgan fingerprint density at radius 1 is 1.70 bits per heavy atom. The van der Waals surface area contributed by atoms with Gasteiger partial charge in [-0.25, -0.2) is 0 Å². The molecule has 0 aromatic rings. The minimum atomic E-state index is 0.585. The van der Waals surface area contributed by atoms with Gasteiger partial charge in [0, 0.05) is 11.4 Å². The van der Waals surface area contributed by atoms with E-state index in [-0.39, 0.29) is 0 Å². The van der Waals surface area contributed by atoms with Crippen molar-refractivity contribution in [2.45, 2.75) is 17.7 Å². The van der Waals surface area contributed by atoms with E-state index >= 15 is 0 Å². The number of halogens is 1. The van der Waals surface area contributed by atoms with Crippen LogP contribution in [0.4, 0.5) is 0 Å². The molecule has 10 heavy (non-hydrogen) atoms. The third-order valence-electron chi connectivity index (χ3n) is 1.74. The van der Waals surface area contributed by atoms with Gasteiger partial charge in [-0.1, -0.05) is 15.9 Å². The van der Waals surface area contributed by atoms with Crippen LogP contribution in [0.25, 0.3) is 0 Å². The molecule has 1 rings (SSSR count). The summed E-state index contributed by atoms with van der Waals surface area (Å²) in [4.78, 5) is 2.79. The molecule has 1 atom stereocenters. The summed E-state index contributed by atoms with van der Waals surface area (Å²) in [5, 5.41) is 8.40. The van der Waals surface area contributed by atoms with Gasteiger partial charge in [-0.15, -0.1) is 0 Å². The Kier molecular flexibility index (Phi) is 3.17. The van der Waals surface area contributed by atoms with Crippen LogP contribution in [0.1, 0.15) is 12.8 Å². The Labute approximate surface area is 69.9 Å². The summed E-state index contributed by atoms with van der Waals surface area (Å²) in [5.74, 6) is 0. The second-order valence-corrected chi connectivity index (χ2v) is 3.93. The van der Waals surface area contributed by atoms with Crippen molar-refractivity contribution in [3.63, 3.8) is 0 Å². The monoisotopic (exact) mass is 202 g/mol. The normalized spacial score (nSPS) is 27.8. The van der Waals surface area contributed by atoms with Gasteiger partial charge in [0.1, 0.15) is 0 Å². The number of hydrogen-bond acceptors (Lipinski definition) is 2. The molecule has 0 aliphatic carbocycles. The predicted octanol–water partition coefficient (Wildman–Crippen LogP) is 1.37. The Morgan fingerprint density at radius 2 is 2.50 bits per heavy atom. The highest BCUT2D eigenvalue weighted by molar-refractivity contribution is 9.09. The predicted molar refractivity (Wildman–Crippen MR) is 44.0 cm³/mol. The fourth-order valence-electron chi connectivity index (χ4n) is 1.24. The fourth-order valence-corrected chi connectivity index (χ4v) is 1.98. The van der Waals surface area contributed by atoms with Crippen LogP contribution in [0.2, 0.25) is 0 Å². The lowest BCUT2D eigenvalue weighted by Crippen LogP contribution is -2.35. The van der Waals surface area contributed by atoms with E-state index in [1.54, 1.807) is 0 Å². The van der Waals surface area contributed by atoms with Crippen LogP contribution >= 0.6 is 15.9 Å². The smallest absolute Gasteiger partial charge is 0.0866 e. The maximum Gasteiger partial charge on any atom is 0.0866 e. The summed E-state index contributed by atoms with van der Waals surface area (Å²) in [6, 6.07) is 2.16. The van der Waals surface area contributed by atoms with Crippen LogP contribution in [-0.4, -0.2) is 29.4 Å². The fraction of sp³-hybridized carbons (Fsp3) is 0.857. The molecule has 1 unspecified atom stereocenters. The molecule has 0 bridgehead atoms. The Bertz CT molecular complexity index is 141. The van der Waals surface area contributed by atoms with E-state index in [0.29, 0.717) is 11.4 Å². The zero-order valence-electron chi connectivity index (χ0n) is 5.89. The molecule has 0 radical (unpaired) electrons. The van der Waals surface area contributed by atoms with E-state index < -0.39 is 0 Å². The largest absolute Gasteiger partial charge is 0.289 e. The number of alkyl halides is 1. The second-order valence-electron chi connectivity index (χ2n) is 2.63. The number of hydrogen-bond donors (Lipinski definition) is 0. The van der Waals surface area contributed by atoms with Crippen LogP contribution in [0.3, 0.4) is 0 Å². The molecule has 0 amide bonds. The minimum Gasteiger partial charge on any atom is -0.289 e. The van der Waals surface area contributed by atoms with Gasteiger partial charge in [-0.2, -0.15) is 5.26 Å². The molecule has 0 aromatic carbocycles. The van der Waals surface area contributed by atoms with Crippen molar-refractivity contribution in [3.05, 3.63) is 0 Å². The zero-order chi connectivity index (χ0) is 7.40. The van der Waals surface area contributed by atoms with Crippen molar-refractivity contribution in [2.24, 2.45) is 0 Å². The van der Waals surface area contributed by atoms with Gasteiger partial charge in [0.25, 0.3) is 0 Å². The second kappa shape index (κ2) is 3.95. The van der Waals surface area contributed by atoms with Crippen LogP contribution < -0.4 is 0 Å². The summed E-state index contributed by atoms with van der Waals surface area (Å²) in [6.07, 6.45) is 2.47. The van der Waals surface area contributed by atoms with Crippen molar-refractivity contribution in [1.82, 2.24) is 4.90 Å². The first-order valence-corrected chi connectivity index (χ1v) is 4.48. The molecule has 1 aliphatic rings. The standard InChI is InChI=1S/C7H11BrN2/c8-7-2-1-4-10(6-7)5-3-9/h7H,1-2,4-6H2. The van der Waals surface area contributed by atoms with E-state index in [0.717, 1.165) is 13.1 Å². The average Bonchev–Trinajstić information content (AvgIpc) is 1.88. The van der Waals surface area contributed by atoms with Gasteiger partial charge in [0.2, 0.25) is 0 Å². The van der Waals surface area contributed by atoms with Crippen molar-refractivity contribution < 1.29 is 0 Å². The van der Waals surface area contributed by atoms with E-state index in [1.165, 1.54) is 12.8 Å². The molecule has 0 N–H and O–H groups in total. The highest BCUT2D eigenvalue weighted by Crippen LogP contribution is 2.15. The first kappa shape index (κ1) is 8.03. The number of piperidine rings is 1. The van der Waals surface area contributed by atoms with Gasteiger partial charge in [-0.05, 0) is 19.4 Å². The average molecular weight is 203 g/mol. The molecule has 0 saturated carbocycles. The first-order chi connectivity index (χ1) is 4.83. The first-order valence-electron chi connectivity index (χ1n) is 3.56. The quantitative estimate of drug-likeness (QED) is 0.475. The third-order valence-corrected chi connectivity index (χ3v) is 2.49. The van der Waals surface area contributed by atoms with Gasteiger partial charge >= 0.3 is 0 Å². The van der Waals surface area contributed by atoms with Crippen LogP contribution in [0.5, 0.6) is 0 Å². The van der Waals surface area contributed by atoms with Crippen LogP contribution in [0, 0.1) is 11.3 Å². The van der Waals surface area contributed by atoms with E-state index in [2.05, 4.69) is 26.9 Å². The summed E-state index contributed by atoms with van der Waals surface area (Å²) in [5.41, 5.74) is 0. The van der Waals surface area contributed by atoms with Crippen LogP contribution in [0.15, 0.2) is 0 Å². The molecule has 0 spiro atoms. The molecule has 1 aliphatic heterocycles. The van der Waals surface area contributed by atoms with Crippen molar-refractivity contribution in [3.8, 4) is 6.07 Å². The summed E-state index contributed by atoms with van der Waals surface area (Å²) >= 11 is 3.55. The van der Waals surface area contributed by atoms with E-state index in [4.69, 9.17) is 5.26 Å². The zero-order valence-corrected chi connectivity index (χ0v) is 7.47. The van der Waals surface area contributed by atoms with Crippen LogP contribution in [-0.2, 0) is 0 Å². The van der Waals surface area contributed by atoms with E-state index in [9.17, 15) is 0 Å². The van der Waals surface area contributed by atoms with Crippen molar-refractivity contribution in [1.29, 1.82) is 5.26 Å². The Balaban J connectivity index is 2.27. The Morgan fingerprint density at radius 3 is 3.10 bits per heavy atom. The van der Waals surface area contributed by atoms with E-state index in [1.807, 2.05) is 0 Å². The molecule has 2 nitrogen and oxygen atoms in total. The lowest BCUT2D eigenvalue weighted by atomic mass is 10.1. The lowest BCUT2D eigenvalue weighted by molar-refractivity contribution is 0.262. The van der Waals surface area contributed by atoms with Gasteiger partial charge in [0.05, 0.1) is 12.6 Å². The molecule has 0 aromatic heterocycles. The Hall–Kier alpha value is -0.0700. The molecule has 3 heteroatoms. The molecule has 1 heterocycles. The maximum atomic E-state index is 8.40. The van der Waals surface area contributed by atoms with Gasteiger partial charge in [-0.3, -0.25) is 4.90 Å². The summed E-state index contributed by atoms with van der Waals surface area (Å²) in [7, 11) is 0. The van der Waals surface area contributed by atoms with Gasteiger partial charge < -0.3 is 0 Å². The highest BCUT2D eigenvalue weighted by Gasteiger charge is 2.16. The summed E-state index contributed by atoms with van der Waals surface area (Å²) in [6.45, 7) is 2.71. The molecular weight excluding hydrogens is 192 g/mol. The highest BCUT2D eigenvalue weighted by atomic mass is 79.9.